The van der Waals surface area contributed by atoms with Crippen molar-refractivity contribution >= 4 is 5.82 Å². The first-order valence-electron chi connectivity index (χ1n) is 6.53. The second-order valence-corrected chi connectivity index (χ2v) is 5.47. The van der Waals surface area contributed by atoms with E-state index in [9.17, 15) is 0 Å². The lowest BCUT2D eigenvalue weighted by atomic mass is 9.75. The van der Waals surface area contributed by atoms with Crippen molar-refractivity contribution in [2.75, 3.05) is 32.6 Å². The first-order chi connectivity index (χ1) is 8.57. The summed E-state index contributed by atoms with van der Waals surface area (Å²) in [5.41, 5.74) is 1.03. The van der Waals surface area contributed by atoms with Gasteiger partial charge in [0.15, 0.2) is 0 Å². The zero-order valence-electron chi connectivity index (χ0n) is 11.6. The summed E-state index contributed by atoms with van der Waals surface area (Å²) in [5, 5.41) is 9.13. The topological polar surface area (TPSA) is 39.6 Å². The van der Waals surface area contributed by atoms with Crippen LogP contribution in [-0.4, -0.2) is 48.2 Å². The third-order valence-corrected chi connectivity index (χ3v) is 4.11. The minimum Gasteiger partial charge on any atom is -0.390 e. The van der Waals surface area contributed by atoms with Crippen LogP contribution in [0.2, 0.25) is 0 Å². The Balaban J connectivity index is 2.09. The van der Waals surface area contributed by atoms with E-state index >= 15 is 0 Å². The quantitative estimate of drug-likeness (QED) is 0.858. The highest BCUT2D eigenvalue weighted by Crippen LogP contribution is 2.37. The Hall–Kier alpha value is -1.13. The minimum absolute atomic E-state index is 0.000499. The first-order valence-corrected chi connectivity index (χ1v) is 6.53. The monoisotopic (exact) mass is 249 g/mol. The van der Waals surface area contributed by atoms with Gasteiger partial charge >= 0.3 is 0 Å². The Morgan fingerprint density at radius 3 is 2.50 bits per heavy atom. The molecule has 1 aliphatic carbocycles. The van der Waals surface area contributed by atoms with Gasteiger partial charge < -0.3 is 14.9 Å². The van der Waals surface area contributed by atoms with E-state index in [2.05, 4.69) is 35.9 Å². The lowest BCUT2D eigenvalue weighted by Gasteiger charge is -2.49. The molecule has 1 N–H and O–H groups in total. The summed E-state index contributed by atoms with van der Waals surface area (Å²) in [5.74, 6) is 0.940. The van der Waals surface area contributed by atoms with E-state index in [1.54, 1.807) is 0 Å². The van der Waals surface area contributed by atoms with Crippen LogP contribution in [-0.2, 0) is 6.61 Å². The molecule has 0 unspecified atom stereocenters. The van der Waals surface area contributed by atoms with Gasteiger partial charge in [0.25, 0.3) is 0 Å². The van der Waals surface area contributed by atoms with Crippen LogP contribution >= 0.6 is 0 Å². The molecule has 2 rings (SSSR count). The van der Waals surface area contributed by atoms with E-state index in [0.29, 0.717) is 5.54 Å². The number of nitrogens with zero attached hydrogens (tertiary/aromatic N) is 3. The van der Waals surface area contributed by atoms with Crippen molar-refractivity contribution in [3.05, 3.63) is 23.9 Å². The highest BCUT2D eigenvalue weighted by molar-refractivity contribution is 5.39. The van der Waals surface area contributed by atoms with Gasteiger partial charge in [-0.3, -0.25) is 0 Å². The molecule has 0 aliphatic heterocycles. The Kier molecular flexibility index (Phi) is 3.88. The van der Waals surface area contributed by atoms with Crippen LogP contribution in [0.4, 0.5) is 5.82 Å². The molecule has 0 aromatic carbocycles. The van der Waals surface area contributed by atoms with Gasteiger partial charge in [-0.2, -0.15) is 0 Å². The van der Waals surface area contributed by atoms with Crippen LogP contribution in [0, 0.1) is 0 Å². The van der Waals surface area contributed by atoms with Crippen LogP contribution < -0.4 is 4.90 Å². The zero-order chi connectivity index (χ0) is 13.2. The maximum absolute atomic E-state index is 9.13. The third kappa shape index (κ3) is 2.49. The van der Waals surface area contributed by atoms with Crippen molar-refractivity contribution in [2.45, 2.75) is 31.4 Å². The third-order valence-electron chi connectivity index (χ3n) is 4.11. The van der Waals surface area contributed by atoms with Gasteiger partial charge in [-0.15, -0.1) is 0 Å². The van der Waals surface area contributed by atoms with Gasteiger partial charge in [0, 0.05) is 19.1 Å². The number of rotatable bonds is 5. The number of anilines is 1. The predicted molar refractivity (Wildman–Crippen MR) is 73.7 cm³/mol. The molecule has 18 heavy (non-hydrogen) atoms. The summed E-state index contributed by atoms with van der Waals surface area (Å²) in [6.45, 7) is 0.988. The highest BCUT2D eigenvalue weighted by atomic mass is 16.3. The normalized spacial score (nSPS) is 17.6. The molecule has 1 aromatic heterocycles. The molecule has 1 heterocycles. The largest absolute Gasteiger partial charge is 0.390 e. The number of likely N-dealkylation sites (N-methyl/N-ethyl adjacent to an activating group) is 2. The molecular formula is C14H23N3O. The SMILES string of the molecule is CN(CC1(N(C)C)CCC1)c1cccc(CO)n1. The van der Waals surface area contributed by atoms with Crippen molar-refractivity contribution in [3.8, 4) is 0 Å². The average molecular weight is 249 g/mol. The van der Waals surface area contributed by atoms with Crippen LogP contribution in [0.5, 0.6) is 0 Å². The summed E-state index contributed by atoms with van der Waals surface area (Å²) in [7, 11) is 6.39. The van der Waals surface area contributed by atoms with Crippen LogP contribution in [0.1, 0.15) is 25.0 Å². The van der Waals surface area contributed by atoms with Gasteiger partial charge in [-0.25, -0.2) is 4.98 Å². The summed E-state index contributed by atoms with van der Waals surface area (Å²) in [4.78, 5) is 8.98. The Bertz CT molecular complexity index is 402. The van der Waals surface area contributed by atoms with E-state index in [1.165, 1.54) is 19.3 Å². The van der Waals surface area contributed by atoms with Gasteiger partial charge in [0.2, 0.25) is 0 Å². The van der Waals surface area contributed by atoms with E-state index < -0.39 is 0 Å². The number of hydrogen-bond donors (Lipinski definition) is 1. The van der Waals surface area contributed by atoms with Gasteiger partial charge in [-0.1, -0.05) is 6.07 Å². The maximum Gasteiger partial charge on any atom is 0.128 e. The second kappa shape index (κ2) is 5.24. The number of hydrogen-bond acceptors (Lipinski definition) is 4. The van der Waals surface area contributed by atoms with Gasteiger partial charge in [0.1, 0.15) is 5.82 Å². The van der Waals surface area contributed by atoms with Gasteiger partial charge in [-0.05, 0) is 45.5 Å². The molecule has 0 amide bonds. The van der Waals surface area contributed by atoms with Crippen LogP contribution in [0.15, 0.2) is 18.2 Å². The predicted octanol–water partition coefficient (Wildman–Crippen LogP) is 1.49. The smallest absolute Gasteiger partial charge is 0.128 e. The van der Waals surface area contributed by atoms with E-state index in [4.69, 9.17) is 5.11 Å². The standard InChI is InChI=1S/C14H23N3O/c1-16(2)14(8-5-9-14)11-17(3)13-7-4-6-12(10-18)15-13/h4,6-7,18H,5,8-11H2,1-3H3. The molecule has 0 atom stereocenters. The molecule has 100 valence electrons. The van der Waals surface area contributed by atoms with Crippen molar-refractivity contribution in [2.24, 2.45) is 0 Å². The molecule has 1 aliphatic rings. The maximum atomic E-state index is 9.13. The van der Waals surface area contributed by atoms with Crippen molar-refractivity contribution in [1.82, 2.24) is 9.88 Å². The van der Waals surface area contributed by atoms with E-state index in [1.807, 2.05) is 18.2 Å². The van der Waals surface area contributed by atoms with Gasteiger partial charge in [0.05, 0.1) is 12.3 Å². The number of aliphatic hydroxyl groups is 1. The average Bonchev–Trinajstić information content (AvgIpc) is 2.33. The molecule has 0 spiro atoms. The van der Waals surface area contributed by atoms with Crippen molar-refractivity contribution in [3.63, 3.8) is 0 Å². The lowest BCUT2D eigenvalue weighted by molar-refractivity contribution is 0.0681. The summed E-state index contributed by atoms with van der Waals surface area (Å²) < 4.78 is 0. The Morgan fingerprint density at radius 1 is 1.28 bits per heavy atom. The molecular weight excluding hydrogens is 226 g/mol. The Morgan fingerprint density at radius 2 is 2.00 bits per heavy atom. The highest BCUT2D eigenvalue weighted by Gasteiger charge is 2.40. The van der Waals surface area contributed by atoms with Crippen LogP contribution in [0.3, 0.4) is 0 Å². The molecule has 1 aromatic rings. The van der Waals surface area contributed by atoms with Crippen LogP contribution in [0.25, 0.3) is 0 Å². The Labute approximate surface area is 109 Å². The molecule has 1 fully saturated rings. The fraction of sp³-hybridized carbons (Fsp3) is 0.643. The fourth-order valence-electron chi connectivity index (χ4n) is 2.62. The summed E-state index contributed by atoms with van der Waals surface area (Å²) in [6, 6.07) is 5.80. The molecule has 4 heteroatoms. The number of aromatic nitrogens is 1. The zero-order valence-corrected chi connectivity index (χ0v) is 11.6. The minimum atomic E-state index is 0.000499. The fourth-order valence-corrected chi connectivity index (χ4v) is 2.62. The molecule has 1 saturated carbocycles. The van der Waals surface area contributed by atoms with E-state index in [-0.39, 0.29) is 6.61 Å². The summed E-state index contributed by atoms with van der Waals surface area (Å²) in [6.07, 6.45) is 3.82. The number of aliphatic hydroxyl groups excluding tert-OH is 1. The second-order valence-electron chi connectivity index (χ2n) is 5.47. The molecule has 4 nitrogen and oxygen atoms in total. The first kappa shape index (κ1) is 13.3. The molecule has 0 bridgehead atoms. The van der Waals surface area contributed by atoms with E-state index in [0.717, 1.165) is 18.1 Å². The lowest BCUT2D eigenvalue weighted by Crippen LogP contribution is -2.56. The number of pyridine rings is 1. The van der Waals surface area contributed by atoms with Crippen molar-refractivity contribution < 1.29 is 5.11 Å². The molecule has 0 saturated heterocycles. The molecule has 0 radical (unpaired) electrons. The van der Waals surface area contributed by atoms with Crippen molar-refractivity contribution in [1.29, 1.82) is 0 Å². The summed E-state index contributed by atoms with van der Waals surface area (Å²) >= 11 is 0.